The zero-order chi connectivity index (χ0) is 19.6. The molecule has 0 amide bonds. The van der Waals surface area contributed by atoms with Crippen molar-refractivity contribution in [3.63, 3.8) is 0 Å². The predicted molar refractivity (Wildman–Crippen MR) is 119 cm³/mol. The van der Waals surface area contributed by atoms with Gasteiger partial charge in [-0.1, -0.05) is 45.6 Å². The third-order valence-electron chi connectivity index (χ3n) is 4.90. The minimum Gasteiger partial charge on any atom is -0.442 e. The fourth-order valence-electron chi connectivity index (χ4n) is 3.36. The van der Waals surface area contributed by atoms with Crippen LogP contribution in [0.5, 0.6) is 0 Å². The Hall–Kier alpha value is 0.708. The topological polar surface area (TPSA) is 36.9 Å². The van der Waals surface area contributed by atoms with Crippen LogP contribution in [0.1, 0.15) is 39.0 Å². The van der Waals surface area contributed by atoms with Gasteiger partial charge in [-0.2, -0.15) is 0 Å². The van der Waals surface area contributed by atoms with Crippen molar-refractivity contribution in [2.45, 2.75) is 90.4 Å². The molecule has 152 valence electrons. The van der Waals surface area contributed by atoms with Gasteiger partial charge in [0.15, 0.2) is 8.32 Å². The van der Waals surface area contributed by atoms with E-state index in [1.807, 2.05) is 14.2 Å². The zero-order valence-electron chi connectivity index (χ0n) is 18.4. The van der Waals surface area contributed by atoms with Crippen LogP contribution in [0.2, 0.25) is 51.4 Å². The molecule has 3 unspecified atom stereocenters. The van der Waals surface area contributed by atoms with Crippen molar-refractivity contribution >= 4 is 35.2 Å². The Bertz CT molecular complexity index is 354. The third-order valence-corrected chi connectivity index (χ3v) is 16.9. The molecule has 0 saturated heterocycles. The molecule has 0 heterocycles. The van der Waals surface area contributed by atoms with Crippen LogP contribution in [-0.4, -0.2) is 49.4 Å². The van der Waals surface area contributed by atoms with E-state index in [0.29, 0.717) is 0 Å². The summed E-state index contributed by atoms with van der Waals surface area (Å²) in [4.78, 5) is 0. The summed E-state index contributed by atoms with van der Waals surface area (Å²) >= 11 is 0. The zero-order valence-corrected chi connectivity index (χ0v) is 22.8. The van der Waals surface area contributed by atoms with Crippen LogP contribution in [0.4, 0.5) is 0 Å². The summed E-state index contributed by atoms with van der Waals surface area (Å²) in [6, 6.07) is 2.24. The first-order valence-corrected chi connectivity index (χ1v) is 20.4. The van der Waals surface area contributed by atoms with Gasteiger partial charge in [-0.25, -0.2) is 0 Å². The van der Waals surface area contributed by atoms with Gasteiger partial charge in [0.1, 0.15) is 9.76 Å². The lowest BCUT2D eigenvalue weighted by molar-refractivity contribution is 0.296. The molecule has 0 aromatic carbocycles. The highest BCUT2D eigenvalue weighted by Gasteiger charge is 2.35. The maximum Gasteiger partial charge on any atom is 0.324 e. The molecule has 25 heavy (non-hydrogen) atoms. The van der Waals surface area contributed by atoms with Gasteiger partial charge < -0.3 is 17.1 Å². The fourth-order valence-corrected chi connectivity index (χ4v) is 14.9. The van der Waals surface area contributed by atoms with Crippen molar-refractivity contribution in [2.24, 2.45) is 5.92 Å². The molecule has 0 aliphatic rings. The lowest BCUT2D eigenvalue weighted by Crippen LogP contribution is -2.46. The molecule has 0 aliphatic carbocycles. The maximum atomic E-state index is 6.39. The summed E-state index contributed by atoms with van der Waals surface area (Å²) in [5, 5.41) is 0. The van der Waals surface area contributed by atoms with Gasteiger partial charge in [0.2, 0.25) is 0 Å². The van der Waals surface area contributed by atoms with Crippen molar-refractivity contribution in [1.82, 2.24) is 0 Å². The molecule has 0 aromatic rings. The molecular formula is C17H44O4Si4. The Balaban J connectivity index is 4.29. The Morgan fingerprint density at radius 2 is 1.32 bits per heavy atom. The molecule has 0 saturated carbocycles. The molecule has 0 bridgehead atoms. The Morgan fingerprint density at radius 1 is 0.840 bits per heavy atom. The van der Waals surface area contributed by atoms with Gasteiger partial charge in [-0.15, -0.1) is 0 Å². The van der Waals surface area contributed by atoms with Crippen molar-refractivity contribution in [2.75, 3.05) is 14.2 Å². The monoisotopic (exact) mass is 424 g/mol. The first kappa shape index (κ1) is 25.7. The van der Waals surface area contributed by atoms with Crippen LogP contribution in [0, 0.1) is 5.92 Å². The highest BCUT2D eigenvalue weighted by atomic mass is 28.4. The Kier molecular flexibility index (Phi) is 12.6. The van der Waals surface area contributed by atoms with Crippen LogP contribution in [0.25, 0.3) is 0 Å². The minimum absolute atomic E-state index is 0.383. The third kappa shape index (κ3) is 11.9. The maximum absolute atomic E-state index is 6.39. The summed E-state index contributed by atoms with van der Waals surface area (Å²) in [7, 11) is -2.11. The Labute approximate surface area is 162 Å². The lowest BCUT2D eigenvalue weighted by atomic mass is 9.96. The first-order valence-electron chi connectivity index (χ1n) is 9.97. The van der Waals surface area contributed by atoms with E-state index in [0.717, 1.165) is 18.0 Å². The van der Waals surface area contributed by atoms with E-state index in [9.17, 15) is 0 Å². The van der Waals surface area contributed by atoms with Crippen molar-refractivity contribution < 1.29 is 17.1 Å². The van der Waals surface area contributed by atoms with E-state index >= 15 is 0 Å². The largest absolute Gasteiger partial charge is 0.442 e. The summed E-state index contributed by atoms with van der Waals surface area (Å²) in [6.07, 6.45) is 6.28. The fraction of sp³-hybridized carbons (Fsp3) is 1.00. The summed E-state index contributed by atoms with van der Waals surface area (Å²) in [5.41, 5.74) is 0. The quantitative estimate of drug-likeness (QED) is 0.346. The molecule has 4 nitrogen and oxygen atoms in total. The summed E-state index contributed by atoms with van der Waals surface area (Å²) in [6.45, 7) is 15.7. The van der Waals surface area contributed by atoms with Gasteiger partial charge in [-0.05, 0) is 50.7 Å². The lowest BCUT2D eigenvalue weighted by Gasteiger charge is -2.33. The highest BCUT2D eigenvalue weighted by Crippen LogP contribution is 2.27. The second-order valence-corrected chi connectivity index (χ2v) is 21.5. The van der Waals surface area contributed by atoms with Crippen LogP contribution in [0.3, 0.4) is 0 Å². The van der Waals surface area contributed by atoms with E-state index in [1.165, 1.54) is 32.1 Å². The average molecular weight is 425 g/mol. The van der Waals surface area contributed by atoms with Crippen LogP contribution in [-0.2, 0) is 17.1 Å². The van der Waals surface area contributed by atoms with Gasteiger partial charge in [0, 0.05) is 14.2 Å². The van der Waals surface area contributed by atoms with E-state index in [1.54, 1.807) is 0 Å². The van der Waals surface area contributed by atoms with Crippen molar-refractivity contribution in [3.8, 4) is 0 Å². The highest BCUT2D eigenvalue weighted by molar-refractivity contribution is 6.81. The predicted octanol–water partition coefficient (Wildman–Crippen LogP) is 5.01. The Morgan fingerprint density at radius 3 is 1.68 bits per heavy atom. The first-order chi connectivity index (χ1) is 11.5. The summed E-state index contributed by atoms with van der Waals surface area (Å²) < 4.78 is 23.9. The normalized spacial score (nSPS) is 19.1. The molecule has 0 radical (unpaired) electrons. The average Bonchev–Trinajstić information content (AvgIpc) is 2.52. The number of hydrogen-bond donors (Lipinski definition) is 0. The molecule has 0 aliphatic heterocycles. The molecule has 0 rings (SSSR count). The number of hydrogen-bond acceptors (Lipinski definition) is 4. The number of rotatable bonds is 15. The second kappa shape index (κ2) is 12.2. The van der Waals surface area contributed by atoms with Crippen LogP contribution in [0.15, 0.2) is 0 Å². The second-order valence-electron chi connectivity index (χ2n) is 8.38. The molecular weight excluding hydrogens is 381 g/mol. The van der Waals surface area contributed by atoms with E-state index in [4.69, 9.17) is 17.1 Å². The van der Waals surface area contributed by atoms with E-state index in [-0.39, 0.29) is 9.76 Å². The minimum atomic E-state index is -1.98. The molecule has 8 heteroatoms. The SMILES string of the molecule is CCC(CCC[Si](C)(OC)O[SiH2]C)CCC[Si](C)(OC)O[Si](C)(C)C. The van der Waals surface area contributed by atoms with Gasteiger partial charge in [-0.3, -0.25) is 0 Å². The van der Waals surface area contributed by atoms with E-state index in [2.05, 4.69) is 46.2 Å². The molecule has 0 aromatic heterocycles. The smallest absolute Gasteiger partial charge is 0.324 e. The van der Waals surface area contributed by atoms with Crippen LogP contribution < -0.4 is 0 Å². The molecule has 0 N–H and O–H groups in total. The molecule has 0 fully saturated rings. The molecule has 0 spiro atoms. The van der Waals surface area contributed by atoms with Crippen molar-refractivity contribution in [1.29, 1.82) is 0 Å². The van der Waals surface area contributed by atoms with Gasteiger partial charge >= 0.3 is 17.1 Å². The standard InChI is InChI=1S/C17H44O4Si4/c1-10-17(13-11-15-24(8,18-2)20-22-4)14-12-16-25(9,19-3)21-23(5,6)7/h17H,10-16,22H2,1-9H3. The van der Waals surface area contributed by atoms with E-state index < -0.39 is 25.4 Å². The molecule has 3 atom stereocenters. The van der Waals surface area contributed by atoms with Gasteiger partial charge in [0.05, 0.1) is 0 Å². The van der Waals surface area contributed by atoms with Crippen molar-refractivity contribution in [3.05, 3.63) is 0 Å². The van der Waals surface area contributed by atoms with Gasteiger partial charge in [0.25, 0.3) is 0 Å². The summed E-state index contributed by atoms with van der Waals surface area (Å²) in [5.74, 6) is 0.802. The van der Waals surface area contributed by atoms with Crippen LogP contribution >= 0.6 is 0 Å².